The summed E-state index contributed by atoms with van der Waals surface area (Å²) < 4.78 is 0.669. The zero-order valence-corrected chi connectivity index (χ0v) is 17.8. The molecular weight excluding hydrogens is 448 g/mol. The predicted octanol–water partition coefficient (Wildman–Crippen LogP) is 1.56. The highest BCUT2D eigenvalue weighted by atomic mass is 79.9. The second-order valence-corrected chi connectivity index (χ2v) is 8.17. The maximum Gasteiger partial charge on any atom is 0.329 e. The van der Waals surface area contributed by atoms with Gasteiger partial charge in [0.25, 0.3) is 11.6 Å². The van der Waals surface area contributed by atoms with E-state index in [1.165, 1.54) is 0 Å². The van der Waals surface area contributed by atoms with Crippen LogP contribution in [-0.4, -0.2) is 44.2 Å². The summed E-state index contributed by atoms with van der Waals surface area (Å²) in [5.74, 6) is -0.682. The molecule has 7 nitrogen and oxygen atoms in total. The number of amides is 3. The lowest BCUT2D eigenvalue weighted by Gasteiger charge is -2.42. The van der Waals surface area contributed by atoms with E-state index < -0.39 is 17.7 Å². The number of nitrogens with one attached hydrogen (secondary N) is 3. The van der Waals surface area contributed by atoms with Crippen molar-refractivity contribution in [1.29, 1.82) is 0 Å². The number of likely N-dealkylation sites (N-methyl/N-ethyl adjacent to an activating group) is 1. The molecule has 1 unspecified atom stereocenters. The average Bonchev–Trinajstić information content (AvgIpc) is 2.63. The molecule has 2 aromatic carbocycles. The summed E-state index contributed by atoms with van der Waals surface area (Å²) >= 11 is 9.32. The maximum atomic E-state index is 13.1. The molecule has 0 saturated carbocycles. The number of carbonyl (C=O) groups is 2. The molecule has 1 aliphatic heterocycles. The molecule has 148 valence electrons. The van der Waals surface area contributed by atoms with Crippen molar-refractivity contribution >= 4 is 50.8 Å². The lowest BCUT2D eigenvalue weighted by atomic mass is 9.95. The minimum atomic E-state index is -2.23. The van der Waals surface area contributed by atoms with Gasteiger partial charge in [-0.1, -0.05) is 27.5 Å². The van der Waals surface area contributed by atoms with Crippen molar-refractivity contribution in [1.82, 2.24) is 5.32 Å². The minimum Gasteiger partial charge on any atom is -0.359 e. The van der Waals surface area contributed by atoms with Gasteiger partial charge in [-0.2, -0.15) is 0 Å². The van der Waals surface area contributed by atoms with Gasteiger partial charge in [-0.25, -0.2) is 4.79 Å². The van der Waals surface area contributed by atoms with Crippen LogP contribution in [0.1, 0.15) is 5.56 Å². The molecule has 3 rings (SSSR count). The summed E-state index contributed by atoms with van der Waals surface area (Å²) in [7, 11) is 3.92. The zero-order chi connectivity index (χ0) is 20.5. The highest BCUT2D eigenvalue weighted by Gasteiger charge is 2.52. The Labute approximate surface area is 176 Å². The Kier molecular flexibility index (Phi) is 5.95. The van der Waals surface area contributed by atoms with Crippen LogP contribution in [0.5, 0.6) is 0 Å². The molecule has 3 amide bonds. The summed E-state index contributed by atoms with van der Waals surface area (Å²) in [6, 6.07) is 10.7. The van der Waals surface area contributed by atoms with E-state index in [1.54, 1.807) is 42.5 Å². The molecule has 0 bridgehead atoms. The third-order valence-corrected chi connectivity index (χ3v) is 5.18. The molecule has 28 heavy (non-hydrogen) atoms. The number of urea groups is 1. The van der Waals surface area contributed by atoms with Crippen LogP contribution in [0.3, 0.4) is 0 Å². The average molecular weight is 469 g/mol. The Morgan fingerprint density at radius 2 is 1.96 bits per heavy atom. The molecule has 2 aromatic rings. The Morgan fingerprint density at radius 1 is 1.29 bits per heavy atom. The quantitative estimate of drug-likeness (QED) is 0.537. The van der Waals surface area contributed by atoms with Gasteiger partial charge in [-0.05, 0) is 42.5 Å². The van der Waals surface area contributed by atoms with Crippen LogP contribution in [0, 0.1) is 0 Å². The molecule has 0 radical (unpaired) electrons. The van der Waals surface area contributed by atoms with E-state index in [1.807, 2.05) is 14.1 Å². The molecule has 0 spiro atoms. The monoisotopic (exact) mass is 467 g/mol. The summed E-state index contributed by atoms with van der Waals surface area (Å²) in [5.41, 5.74) is -1.25. The van der Waals surface area contributed by atoms with Gasteiger partial charge in [0.1, 0.15) is 0 Å². The fourth-order valence-corrected chi connectivity index (χ4v) is 3.51. The molecule has 1 atom stereocenters. The molecule has 0 aliphatic carbocycles. The normalized spacial score (nSPS) is 18.6. The second-order valence-electron chi connectivity index (χ2n) is 6.82. The Balaban J connectivity index is 2.10. The largest absolute Gasteiger partial charge is 0.359 e. The smallest absolute Gasteiger partial charge is 0.329 e. The first-order valence-corrected chi connectivity index (χ1v) is 9.87. The van der Waals surface area contributed by atoms with Crippen molar-refractivity contribution in [2.45, 2.75) is 5.72 Å². The zero-order valence-electron chi connectivity index (χ0n) is 15.4. The van der Waals surface area contributed by atoms with E-state index in [0.717, 1.165) is 9.80 Å². The number of aliphatic hydroxyl groups is 1. The molecule has 0 fully saturated rings. The maximum absolute atomic E-state index is 13.1. The van der Waals surface area contributed by atoms with E-state index in [4.69, 9.17) is 11.6 Å². The number of hydrogen-bond donors (Lipinski definition) is 4. The van der Waals surface area contributed by atoms with Crippen LogP contribution < -0.4 is 20.4 Å². The number of hydrogen-bond acceptors (Lipinski definition) is 3. The molecule has 1 heterocycles. The lowest BCUT2D eigenvalue weighted by Crippen LogP contribution is -3.06. The Bertz CT molecular complexity index is 907. The third-order valence-electron chi connectivity index (χ3n) is 4.44. The highest BCUT2D eigenvalue weighted by Crippen LogP contribution is 2.41. The number of halogens is 2. The van der Waals surface area contributed by atoms with Gasteiger partial charge in [0.15, 0.2) is 0 Å². The van der Waals surface area contributed by atoms with Crippen LogP contribution >= 0.6 is 27.5 Å². The van der Waals surface area contributed by atoms with E-state index in [2.05, 4.69) is 26.6 Å². The molecule has 4 N–H and O–H groups in total. The van der Waals surface area contributed by atoms with Gasteiger partial charge in [0, 0.05) is 20.7 Å². The van der Waals surface area contributed by atoms with E-state index >= 15 is 0 Å². The third kappa shape index (κ3) is 3.86. The van der Waals surface area contributed by atoms with Crippen molar-refractivity contribution < 1.29 is 19.6 Å². The SMILES string of the molecule is C[NH+](C)CCNC(=O)C1(O)c2cc(Br)ccc2NC(=O)N1c1ccc(Cl)cc1. The first kappa shape index (κ1) is 20.6. The number of quaternary nitrogens is 1. The molecular formula is C19H21BrClN4O3+. The molecule has 0 saturated heterocycles. The van der Waals surface area contributed by atoms with Crippen LogP contribution in [0.4, 0.5) is 16.2 Å². The fourth-order valence-electron chi connectivity index (χ4n) is 3.02. The van der Waals surface area contributed by atoms with E-state index in [-0.39, 0.29) is 5.56 Å². The number of benzene rings is 2. The second kappa shape index (κ2) is 8.08. The van der Waals surface area contributed by atoms with Gasteiger partial charge in [0.05, 0.1) is 32.9 Å². The molecule has 1 aliphatic rings. The van der Waals surface area contributed by atoms with Gasteiger partial charge in [-0.15, -0.1) is 0 Å². The summed E-state index contributed by atoms with van der Waals surface area (Å²) in [4.78, 5) is 28.2. The summed E-state index contributed by atoms with van der Waals surface area (Å²) in [5, 5.41) is 17.6. The highest BCUT2D eigenvalue weighted by molar-refractivity contribution is 9.10. The van der Waals surface area contributed by atoms with Crippen LogP contribution in [0.2, 0.25) is 5.02 Å². The van der Waals surface area contributed by atoms with Gasteiger partial charge in [0.2, 0.25) is 0 Å². The van der Waals surface area contributed by atoms with Crippen molar-refractivity contribution in [3.63, 3.8) is 0 Å². The number of anilines is 2. The fraction of sp³-hybridized carbons (Fsp3) is 0.263. The minimum absolute atomic E-state index is 0.270. The van der Waals surface area contributed by atoms with E-state index in [9.17, 15) is 14.7 Å². The van der Waals surface area contributed by atoms with Crippen molar-refractivity contribution in [2.75, 3.05) is 37.4 Å². The van der Waals surface area contributed by atoms with Crippen molar-refractivity contribution in [2.24, 2.45) is 0 Å². The number of carbonyl (C=O) groups excluding carboxylic acids is 2. The Morgan fingerprint density at radius 3 is 2.61 bits per heavy atom. The van der Waals surface area contributed by atoms with Crippen molar-refractivity contribution in [3.05, 3.63) is 57.5 Å². The lowest BCUT2D eigenvalue weighted by molar-refractivity contribution is -0.856. The standard InChI is InChI=1S/C19H20BrClN4O3/c1-24(2)10-9-22-17(26)19(28)15-11-12(20)3-8-16(15)23-18(27)25(19)14-6-4-13(21)5-7-14/h3-8,11,28H,9-10H2,1-2H3,(H,22,26)(H,23,27)/p+1. The summed E-state index contributed by atoms with van der Waals surface area (Å²) in [6.45, 7) is 1.02. The first-order valence-electron chi connectivity index (χ1n) is 8.70. The van der Waals surface area contributed by atoms with Gasteiger partial charge < -0.3 is 20.6 Å². The van der Waals surface area contributed by atoms with E-state index in [0.29, 0.717) is 34.0 Å². The van der Waals surface area contributed by atoms with Crippen LogP contribution in [0.15, 0.2) is 46.9 Å². The first-order chi connectivity index (χ1) is 13.2. The topological polar surface area (TPSA) is 86.1 Å². The van der Waals surface area contributed by atoms with Crippen LogP contribution in [0.25, 0.3) is 0 Å². The number of nitrogens with zero attached hydrogens (tertiary/aromatic N) is 1. The number of rotatable bonds is 5. The Hall–Kier alpha value is -2.13. The number of fused-ring (bicyclic) bond motifs is 1. The van der Waals surface area contributed by atoms with Crippen molar-refractivity contribution in [3.8, 4) is 0 Å². The predicted molar refractivity (Wildman–Crippen MR) is 112 cm³/mol. The van der Waals surface area contributed by atoms with Crippen LogP contribution in [-0.2, 0) is 10.5 Å². The molecule has 0 aromatic heterocycles. The van der Waals surface area contributed by atoms with Gasteiger partial charge in [-0.3, -0.25) is 9.69 Å². The summed E-state index contributed by atoms with van der Waals surface area (Å²) in [6.07, 6.45) is 0. The van der Waals surface area contributed by atoms with Gasteiger partial charge >= 0.3 is 6.03 Å². The molecule has 9 heteroatoms.